The van der Waals surface area contributed by atoms with E-state index in [0.29, 0.717) is 11.7 Å². The Hall–Kier alpha value is -1.20. The summed E-state index contributed by atoms with van der Waals surface area (Å²) in [6.07, 6.45) is 1.17. The zero-order valence-corrected chi connectivity index (χ0v) is 10.8. The van der Waals surface area contributed by atoms with Crippen LogP contribution in [0.25, 0.3) is 11.4 Å². The minimum atomic E-state index is 0.218. The molecule has 2 unspecified atom stereocenters. The lowest BCUT2D eigenvalue weighted by Gasteiger charge is -2.09. The second kappa shape index (κ2) is 4.23. The van der Waals surface area contributed by atoms with Crippen LogP contribution in [0.15, 0.2) is 15.3 Å². The van der Waals surface area contributed by atoms with Gasteiger partial charge in [-0.15, -0.1) is 0 Å². The smallest absolute Gasteiger partial charge is 0.244 e. The van der Waals surface area contributed by atoms with Gasteiger partial charge in [0.1, 0.15) is 0 Å². The number of rotatable bonds is 2. The van der Waals surface area contributed by atoms with Crippen LogP contribution < -0.4 is 5.32 Å². The lowest BCUT2D eigenvalue weighted by atomic mass is 10.0. The molecule has 2 atom stereocenters. The van der Waals surface area contributed by atoms with Crippen molar-refractivity contribution in [3.8, 4) is 11.4 Å². The molecule has 90 valence electrons. The van der Waals surface area contributed by atoms with Crippen LogP contribution in [-0.4, -0.2) is 16.7 Å². The molecule has 0 radical (unpaired) electrons. The minimum Gasteiger partial charge on any atom is -0.337 e. The highest BCUT2D eigenvalue weighted by Gasteiger charge is 2.29. The van der Waals surface area contributed by atoms with Gasteiger partial charge in [0.2, 0.25) is 11.7 Å². The second-order valence-electron chi connectivity index (χ2n) is 4.62. The SMILES string of the molecule is Cc1cscc1-c1noc(C2NCCC2C)n1. The molecule has 1 aliphatic rings. The van der Waals surface area contributed by atoms with E-state index in [4.69, 9.17) is 4.52 Å². The molecule has 3 heterocycles. The van der Waals surface area contributed by atoms with E-state index in [1.165, 1.54) is 12.0 Å². The molecular formula is C12H15N3OS. The van der Waals surface area contributed by atoms with Crippen LogP contribution >= 0.6 is 11.3 Å². The Balaban J connectivity index is 1.90. The number of nitrogens with zero attached hydrogens (tertiary/aromatic N) is 2. The first-order chi connectivity index (χ1) is 8.25. The molecular weight excluding hydrogens is 234 g/mol. The number of aryl methyl sites for hydroxylation is 1. The Morgan fingerprint density at radius 3 is 3.00 bits per heavy atom. The predicted molar refractivity (Wildman–Crippen MR) is 66.9 cm³/mol. The highest BCUT2D eigenvalue weighted by atomic mass is 32.1. The van der Waals surface area contributed by atoms with Crippen molar-refractivity contribution in [3.63, 3.8) is 0 Å². The van der Waals surface area contributed by atoms with Crippen LogP contribution in [0.4, 0.5) is 0 Å². The Morgan fingerprint density at radius 2 is 2.35 bits per heavy atom. The number of thiophene rings is 1. The van der Waals surface area contributed by atoms with Gasteiger partial charge in [-0.3, -0.25) is 0 Å². The highest BCUT2D eigenvalue weighted by Crippen LogP contribution is 2.30. The van der Waals surface area contributed by atoms with Gasteiger partial charge in [0.25, 0.3) is 0 Å². The Kier molecular flexibility index (Phi) is 2.72. The monoisotopic (exact) mass is 249 g/mol. The van der Waals surface area contributed by atoms with E-state index in [1.54, 1.807) is 11.3 Å². The van der Waals surface area contributed by atoms with Crippen LogP contribution in [0.3, 0.4) is 0 Å². The van der Waals surface area contributed by atoms with Crippen molar-refractivity contribution >= 4 is 11.3 Å². The van der Waals surface area contributed by atoms with Gasteiger partial charge in [0, 0.05) is 10.9 Å². The molecule has 17 heavy (non-hydrogen) atoms. The average Bonchev–Trinajstić information content (AvgIpc) is 2.97. The van der Waals surface area contributed by atoms with Gasteiger partial charge in [0.05, 0.1) is 6.04 Å². The predicted octanol–water partition coefficient (Wildman–Crippen LogP) is 2.78. The van der Waals surface area contributed by atoms with E-state index in [9.17, 15) is 0 Å². The fourth-order valence-electron chi connectivity index (χ4n) is 2.23. The zero-order chi connectivity index (χ0) is 11.8. The van der Waals surface area contributed by atoms with Gasteiger partial charge in [0.15, 0.2) is 0 Å². The molecule has 0 aromatic carbocycles. The zero-order valence-electron chi connectivity index (χ0n) is 9.93. The van der Waals surface area contributed by atoms with Crippen LogP contribution in [0.2, 0.25) is 0 Å². The normalized spacial score (nSPS) is 24.4. The first-order valence-electron chi connectivity index (χ1n) is 5.86. The molecule has 2 aromatic rings. The van der Waals surface area contributed by atoms with Crippen molar-refractivity contribution in [1.82, 2.24) is 15.5 Å². The molecule has 0 saturated carbocycles. The summed E-state index contributed by atoms with van der Waals surface area (Å²) >= 11 is 1.67. The van der Waals surface area contributed by atoms with Gasteiger partial charge in [-0.05, 0) is 36.8 Å². The lowest BCUT2D eigenvalue weighted by molar-refractivity contribution is 0.319. The van der Waals surface area contributed by atoms with Crippen LogP contribution in [0.5, 0.6) is 0 Å². The summed E-state index contributed by atoms with van der Waals surface area (Å²) in [6, 6.07) is 0.218. The molecule has 1 aliphatic heterocycles. The van der Waals surface area contributed by atoms with Crippen molar-refractivity contribution in [1.29, 1.82) is 0 Å². The Labute approximate surface area is 104 Å². The van der Waals surface area contributed by atoms with Crippen LogP contribution in [0.1, 0.15) is 30.8 Å². The summed E-state index contributed by atoms with van der Waals surface area (Å²) in [5.74, 6) is 1.99. The molecule has 1 saturated heterocycles. The molecule has 5 heteroatoms. The van der Waals surface area contributed by atoms with Crippen LogP contribution in [0, 0.1) is 12.8 Å². The summed E-state index contributed by atoms with van der Waals surface area (Å²) in [7, 11) is 0. The molecule has 2 aromatic heterocycles. The van der Waals surface area contributed by atoms with E-state index in [2.05, 4.69) is 40.1 Å². The van der Waals surface area contributed by atoms with Crippen molar-refractivity contribution < 1.29 is 4.52 Å². The minimum absolute atomic E-state index is 0.218. The fraction of sp³-hybridized carbons (Fsp3) is 0.500. The maximum absolute atomic E-state index is 5.38. The fourth-order valence-corrected chi connectivity index (χ4v) is 3.05. The third-order valence-electron chi connectivity index (χ3n) is 3.34. The summed E-state index contributed by atoms with van der Waals surface area (Å²) in [4.78, 5) is 4.51. The van der Waals surface area contributed by atoms with Gasteiger partial charge in [-0.1, -0.05) is 12.1 Å². The van der Waals surface area contributed by atoms with E-state index in [-0.39, 0.29) is 6.04 Å². The molecule has 4 nitrogen and oxygen atoms in total. The number of nitrogens with one attached hydrogen (secondary N) is 1. The first-order valence-corrected chi connectivity index (χ1v) is 6.80. The van der Waals surface area contributed by atoms with Gasteiger partial charge >= 0.3 is 0 Å². The number of aromatic nitrogens is 2. The average molecular weight is 249 g/mol. The quantitative estimate of drug-likeness (QED) is 0.889. The van der Waals surface area contributed by atoms with Crippen molar-refractivity contribution in [2.75, 3.05) is 6.54 Å². The van der Waals surface area contributed by atoms with Gasteiger partial charge in [-0.25, -0.2) is 0 Å². The maximum Gasteiger partial charge on any atom is 0.244 e. The second-order valence-corrected chi connectivity index (χ2v) is 5.37. The van der Waals surface area contributed by atoms with Crippen molar-refractivity contribution in [2.24, 2.45) is 5.92 Å². The standard InChI is InChI=1S/C12H15N3OS/c1-7-3-4-13-10(7)12-14-11(15-16-12)9-6-17-5-8(9)2/h5-7,10,13H,3-4H2,1-2H3. The summed E-state index contributed by atoms with van der Waals surface area (Å²) in [5, 5.41) is 11.6. The maximum atomic E-state index is 5.38. The van der Waals surface area contributed by atoms with E-state index < -0.39 is 0 Å². The molecule has 0 bridgehead atoms. The highest BCUT2D eigenvalue weighted by molar-refractivity contribution is 7.08. The largest absolute Gasteiger partial charge is 0.337 e. The third kappa shape index (κ3) is 1.89. The summed E-state index contributed by atoms with van der Waals surface area (Å²) in [6.45, 7) is 5.31. The van der Waals surface area contributed by atoms with Gasteiger partial charge in [-0.2, -0.15) is 16.3 Å². The number of hydrogen-bond donors (Lipinski definition) is 1. The number of hydrogen-bond acceptors (Lipinski definition) is 5. The van der Waals surface area contributed by atoms with Gasteiger partial charge < -0.3 is 9.84 Å². The Bertz CT molecular complexity index is 519. The molecule has 0 spiro atoms. The van der Waals surface area contributed by atoms with Crippen molar-refractivity contribution in [3.05, 3.63) is 22.2 Å². The summed E-state index contributed by atoms with van der Waals surface area (Å²) in [5.41, 5.74) is 2.28. The van der Waals surface area contributed by atoms with E-state index >= 15 is 0 Å². The van der Waals surface area contributed by atoms with E-state index in [1.807, 2.05) is 0 Å². The molecule has 0 aliphatic carbocycles. The molecule has 1 fully saturated rings. The topological polar surface area (TPSA) is 51.0 Å². The summed E-state index contributed by atoms with van der Waals surface area (Å²) < 4.78 is 5.38. The Morgan fingerprint density at radius 1 is 1.47 bits per heavy atom. The first kappa shape index (κ1) is 10.9. The molecule has 1 N–H and O–H groups in total. The van der Waals surface area contributed by atoms with E-state index in [0.717, 1.165) is 18.0 Å². The van der Waals surface area contributed by atoms with Crippen LogP contribution in [-0.2, 0) is 0 Å². The molecule has 3 rings (SSSR count). The third-order valence-corrected chi connectivity index (χ3v) is 4.20. The lowest BCUT2D eigenvalue weighted by Crippen LogP contribution is -2.16. The van der Waals surface area contributed by atoms with Crippen molar-refractivity contribution in [2.45, 2.75) is 26.3 Å². The molecule has 0 amide bonds.